The highest BCUT2D eigenvalue weighted by atomic mass is 32.2. The third-order valence-corrected chi connectivity index (χ3v) is 6.29. The minimum atomic E-state index is -3.93. The van der Waals surface area contributed by atoms with Gasteiger partial charge >= 0.3 is 5.97 Å². The third kappa shape index (κ3) is 5.61. The Kier molecular flexibility index (Phi) is 6.47. The summed E-state index contributed by atoms with van der Waals surface area (Å²) in [6, 6.07) is 12.1. The predicted molar refractivity (Wildman–Crippen MR) is 128 cm³/mol. The highest BCUT2D eigenvalue weighted by Crippen LogP contribution is 2.18. The van der Waals surface area contributed by atoms with Crippen LogP contribution in [-0.4, -0.2) is 46.3 Å². The number of aromatic nitrogens is 4. The fraction of sp³-hybridized carbons (Fsp3) is 0.174. The molecule has 0 aliphatic heterocycles. The number of amides is 1. The molecule has 0 saturated carbocycles. The van der Waals surface area contributed by atoms with Crippen LogP contribution in [0.3, 0.4) is 0 Å². The molecule has 1 atom stereocenters. The van der Waals surface area contributed by atoms with Crippen molar-refractivity contribution >= 4 is 44.6 Å². The number of carbonyl (C=O) groups is 2. The second-order valence-corrected chi connectivity index (χ2v) is 9.46. The van der Waals surface area contributed by atoms with Crippen LogP contribution >= 0.6 is 0 Å². The summed E-state index contributed by atoms with van der Waals surface area (Å²) < 4.78 is 32.9. The SMILES string of the molecule is Cc1cc(C)nc(NS(=O)(=O)c2ccc(NC(=O)C(C)OC(=O)c3ccc4nc[nH]c4c3)cc2)n1. The third-order valence-electron chi connectivity index (χ3n) is 4.95. The lowest BCUT2D eigenvalue weighted by atomic mass is 10.2. The van der Waals surface area contributed by atoms with Crippen molar-refractivity contribution in [3.05, 3.63) is 71.8 Å². The maximum atomic E-state index is 12.6. The molecule has 1 unspecified atom stereocenters. The number of aromatic amines is 1. The fourth-order valence-corrected chi connectivity index (χ4v) is 4.20. The van der Waals surface area contributed by atoms with Gasteiger partial charge in [0.15, 0.2) is 6.10 Å². The van der Waals surface area contributed by atoms with Crippen molar-refractivity contribution < 1.29 is 22.7 Å². The highest BCUT2D eigenvalue weighted by molar-refractivity contribution is 7.92. The van der Waals surface area contributed by atoms with Crippen LogP contribution in [0.25, 0.3) is 11.0 Å². The number of benzene rings is 2. The molecule has 35 heavy (non-hydrogen) atoms. The zero-order chi connectivity index (χ0) is 25.2. The molecule has 3 N–H and O–H groups in total. The van der Waals surface area contributed by atoms with Gasteiger partial charge in [-0.25, -0.2) is 32.9 Å². The topological polar surface area (TPSA) is 156 Å². The van der Waals surface area contributed by atoms with Crippen LogP contribution in [-0.2, 0) is 19.6 Å². The Morgan fingerprint density at radius 3 is 2.37 bits per heavy atom. The Morgan fingerprint density at radius 1 is 1.00 bits per heavy atom. The Labute approximate surface area is 201 Å². The van der Waals surface area contributed by atoms with Crippen LogP contribution in [0.2, 0.25) is 0 Å². The molecule has 2 heterocycles. The molecule has 2 aromatic heterocycles. The molecule has 2 aromatic carbocycles. The second kappa shape index (κ2) is 9.50. The number of nitrogens with one attached hydrogen (secondary N) is 3. The number of imidazole rings is 1. The Balaban J connectivity index is 1.38. The molecule has 0 aliphatic rings. The number of ether oxygens (including phenoxy) is 1. The van der Waals surface area contributed by atoms with E-state index in [-0.39, 0.29) is 16.4 Å². The number of hydrogen-bond donors (Lipinski definition) is 3. The molecule has 0 radical (unpaired) electrons. The van der Waals surface area contributed by atoms with E-state index in [0.29, 0.717) is 28.1 Å². The first-order valence-electron chi connectivity index (χ1n) is 10.5. The predicted octanol–water partition coefficient (Wildman–Crippen LogP) is 2.95. The van der Waals surface area contributed by atoms with Gasteiger partial charge in [-0.05, 0) is 69.3 Å². The van der Waals surface area contributed by atoms with Gasteiger partial charge in [-0.15, -0.1) is 0 Å². The Morgan fingerprint density at radius 2 is 1.69 bits per heavy atom. The van der Waals surface area contributed by atoms with Gasteiger partial charge in [-0.1, -0.05) is 0 Å². The van der Waals surface area contributed by atoms with E-state index in [9.17, 15) is 18.0 Å². The molecule has 180 valence electrons. The standard InChI is InChI=1S/C23H22N6O5S/c1-13-10-14(2)27-23(26-13)29-35(32,33)18-7-5-17(6-8-18)28-21(30)15(3)34-22(31)16-4-9-19-20(11-16)25-12-24-19/h4-12,15H,1-3H3,(H,24,25)(H,28,30)(H,26,27,29). The average Bonchev–Trinajstić information content (AvgIpc) is 3.26. The number of aryl methyl sites for hydroxylation is 2. The van der Waals surface area contributed by atoms with E-state index in [0.717, 1.165) is 0 Å². The number of carbonyl (C=O) groups excluding carboxylic acids is 2. The van der Waals surface area contributed by atoms with E-state index < -0.39 is 28.0 Å². The molecule has 0 aliphatic carbocycles. The second-order valence-electron chi connectivity index (χ2n) is 7.78. The quantitative estimate of drug-likeness (QED) is 0.331. The summed E-state index contributed by atoms with van der Waals surface area (Å²) in [5.41, 5.74) is 3.24. The van der Waals surface area contributed by atoms with Crippen molar-refractivity contribution in [2.45, 2.75) is 31.8 Å². The van der Waals surface area contributed by atoms with E-state index in [2.05, 4.69) is 30.0 Å². The monoisotopic (exact) mass is 494 g/mol. The van der Waals surface area contributed by atoms with E-state index in [4.69, 9.17) is 4.74 Å². The minimum absolute atomic E-state index is 0.0257. The van der Waals surface area contributed by atoms with Gasteiger partial charge in [0.1, 0.15) is 0 Å². The number of anilines is 2. The van der Waals surface area contributed by atoms with Gasteiger partial charge in [0.25, 0.3) is 15.9 Å². The van der Waals surface area contributed by atoms with Crippen molar-refractivity contribution in [2.24, 2.45) is 0 Å². The molecular weight excluding hydrogens is 472 g/mol. The first-order valence-corrected chi connectivity index (χ1v) is 12.0. The Bertz CT molecular complexity index is 1490. The van der Waals surface area contributed by atoms with Crippen molar-refractivity contribution in [3.63, 3.8) is 0 Å². The number of esters is 1. The number of nitrogens with zero attached hydrogens (tertiary/aromatic N) is 3. The van der Waals surface area contributed by atoms with Crippen molar-refractivity contribution in [2.75, 3.05) is 10.0 Å². The molecule has 1 amide bonds. The number of rotatable bonds is 7. The zero-order valence-electron chi connectivity index (χ0n) is 19.1. The average molecular weight is 495 g/mol. The normalized spacial score (nSPS) is 12.2. The fourth-order valence-electron chi connectivity index (χ4n) is 3.26. The van der Waals surface area contributed by atoms with E-state index in [1.54, 1.807) is 38.1 Å². The molecule has 12 heteroatoms. The highest BCUT2D eigenvalue weighted by Gasteiger charge is 2.21. The molecule has 4 rings (SSSR count). The number of H-pyrrole nitrogens is 1. The maximum absolute atomic E-state index is 12.6. The first-order chi connectivity index (χ1) is 16.6. The van der Waals surface area contributed by atoms with Crippen molar-refractivity contribution in [3.8, 4) is 0 Å². The number of fused-ring (bicyclic) bond motifs is 1. The molecule has 0 fully saturated rings. The molecule has 0 saturated heterocycles. The van der Waals surface area contributed by atoms with Crippen LogP contribution in [0.5, 0.6) is 0 Å². The van der Waals surface area contributed by atoms with E-state index in [1.165, 1.54) is 37.5 Å². The van der Waals surface area contributed by atoms with E-state index >= 15 is 0 Å². The first kappa shape index (κ1) is 23.8. The molecule has 0 bridgehead atoms. The summed E-state index contributed by atoms with van der Waals surface area (Å²) in [5, 5.41) is 2.60. The molecule has 11 nitrogen and oxygen atoms in total. The van der Waals surface area contributed by atoms with E-state index in [1.807, 2.05) is 0 Å². The lowest BCUT2D eigenvalue weighted by Gasteiger charge is -2.14. The van der Waals surface area contributed by atoms with Crippen LogP contribution < -0.4 is 10.0 Å². The summed E-state index contributed by atoms with van der Waals surface area (Å²) in [5.74, 6) is -1.26. The van der Waals surface area contributed by atoms with Crippen molar-refractivity contribution in [1.29, 1.82) is 0 Å². The molecule has 0 spiro atoms. The summed E-state index contributed by atoms with van der Waals surface area (Å²) in [6.45, 7) is 4.91. The van der Waals surface area contributed by atoms with Gasteiger partial charge in [0.2, 0.25) is 5.95 Å². The van der Waals surface area contributed by atoms with Crippen LogP contribution in [0, 0.1) is 13.8 Å². The molecule has 4 aromatic rings. The lowest BCUT2D eigenvalue weighted by Crippen LogP contribution is -2.30. The van der Waals surface area contributed by atoms with Gasteiger partial charge in [0, 0.05) is 17.1 Å². The summed E-state index contributed by atoms with van der Waals surface area (Å²) >= 11 is 0. The van der Waals surface area contributed by atoms with Crippen LogP contribution in [0.15, 0.2) is 59.8 Å². The largest absolute Gasteiger partial charge is 0.449 e. The Hall–Kier alpha value is -4.32. The summed E-state index contributed by atoms with van der Waals surface area (Å²) in [6.07, 6.45) is 0.423. The van der Waals surface area contributed by atoms with Gasteiger partial charge in [-0.3, -0.25) is 4.79 Å². The summed E-state index contributed by atoms with van der Waals surface area (Å²) in [7, 11) is -3.93. The van der Waals surface area contributed by atoms with Gasteiger partial charge in [-0.2, -0.15) is 0 Å². The summed E-state index contributed by atoms with van der Waals surface area (Å²) in [4.78, 5) is 40.0. The van der Waals surface area contributed by atoms with Crippen molar-refractivity contribution in [1.82, 2.24) is 19.9 Å². The van der Waals surface area contributed by atoms with Crippen LogP contribution in [0.4, 0.5) is 11.6 Å². The smallest absolute Gasteiger partial charge is 0.338 e. The van der Waals surface area contributed by atoms with Crippen LogP contribution in [0.1, 0.15) is 28.7 Å². The molecular formula is C23H22N6O5S. The maximum Gasteiger partial charge on any atom is 0.338 e. The minimum Gasteiger partial charge on any atom is -0.449 e. The zero-order valence-corrected chi connectivity index (χ0v) is 19.9. The van der Waals surface area contributed by atoms with Gasteiger partial charge in [0.05, 0.1) is 27.8 Å². The number of hydrogen-bond acceptors (Lipinski definition) is 8. The number of sulfonamides is 1. The van der Waals surface area contributed by atoms with Gasteiger partial charge < -0.3 is 15.0 Å². The lowest BCUT2D eigenvalue weighted by molar-refractivity contribution is -0.123.